The lowest BCUT2D eigenvalue weighted by molar-refractivity contribution is -0.0396. The first kappa shape index (κ1) is 14.5. The van der Waals surface area contributed by atoms with Crippen molar-refractivity contribution in [2.24, 2.45) is 5.73 Å². The van der Waals surface area contributed by atoms with E-state index in [9.17, 15) is 0 Å². The zero-order chi connectivity index (χ0) is 13.7. The second-order valence-electron chi connectivity index (χ2n) is 5.24. The van der Waals surface area contributed by atoms with E-state index in [0.717, 1.165) is 32.5 Å². The Hall–Kier alpha value is -0.900. The van der Waals surface area contributed by atoms with Gasteiger partial charge in [0, 0.05) is 25.7 Å². The largest absolute Gasteiger partial charge is 0.374 e. The molecule has 2 N–H and O–H groups in total. The molecule has 2 rings (SSSR count). The van der Waals surface area contributed by atoms with Crippen LogP contribution in [-0.4, -0.2) is 37.2 Å². The summed E-state index contributed by atoms with van der Waals surface area (Å²) in [5.74, 6) is 0. The SMILES string of the molecule is CCc1ccc(C(CC)N2CCOC(CN)C2)cc1. The highest BCUT2D eigenvalue weighted by Crippen LogP contribution is 2.26. The lowest BCUT2D eigenvalue weighted by atomic mass is 9.99. The summed E-state index contributed by atoms with van der Waals surface area (Å²) in [6.45, 7) is 7.81. The van der Waals surface area contributed by atoms with Gasteiger partial charge in [-0.15, -0.1) is 0 Å². The number of rotatable bonds is 5. The van der Waals surface area contributed by atoms with Crippen molar-refractivity contribution in [2.45, 2.75) is 38.8 Å². The number of nitrogens with zero attached hydrogens (tertiary/aromatic N) is 1. The number of morpholine rings is 1. The van der Waals surface area contributed by atoms with E-state index in [2.05, 4.69) is 43.0 Å². The molecule has 0 radical (unpaired) electrons. The van der Waals surface area contributed by atoms with Crippen LogP contribution in [0.2, 0.25) is 0 Å². The van der Waals surface area contributed by atoms with Crippen LogP contribution in [0.4, 0.5) is 0 Å². The van der Waals surface area contributed by atoms with Crippen LogP contribution in [0.1, 0.15) is 37.4 Å². The van der Waals surface area contributed by atoms with Crippen molar-refractivity contribution in [3.63, 3.8) is 0 Å². The molecule has 1 saturated heterocycles. The number of nitrogens with two attached hydrogens (primary N) is 1. The van der Waals surface area contributed by atoms with Crippen LogP contribution in [0.25, 0.3) is 0 Å². The monoisotopic (exact) mass is 262 g/mol. The average Bonchev–Trinajstić information content (AvgIpc) is 2.49. The van der Waals surface area contributed by atoms with Gasteiger partial charge in [-0.1, -0.05) is 38.1 Å². The highest BCUT2D eigenvalue weighted by atomic mass is 16.5. The van der Waals surface area contributed by atoms with Gasteiger partial charge in [-0.25, -0.2) is 0 Å². The van der Waals surface area contributed by atoms with Gasteiger partial charge >= 0.3 is 0 Å². The van der Waals surface area contributed by atoms with Crippen molar-refractivity contribution in [2.75, 3.05) is 26.2 Å². The van der Waals surface area contributed by atoms with E-state index in [1.54, 1.807) is 0 Å². The highest BCUT2D eigenvalue weighted by Gasteiger charge is 2.25. The molecule has 2 unspecified atom stereocenters. The summed E-state index contributed by atoms with van der Waals surface area (Å²) in [5, 5.41) is 0. The van der Waals surface area contributed by atoms with Gasteiger partial charge in [0.15, 0.2) is 0 Å². The Kier molecular flexibility index (Phi) is 5.37. The molecule has 2 atom stereocenters. The molecule has 19 heavy (non-hydrogen) atoms. The molecule has 1 aliphatic heterocycles. The minimum atomic E-state index is 0.192. The van der Waals surface area contributed by atoms with E-state index in [4.69, 9.17) is 10.5 Å². The van der Waals surface area contributed by atoms with Crippen LogP contribution >= 0.6 is 0 Å². The van der Waals surface area contributed by atoms with E-state index in [1.807, 2.05) is 0 Å². The smallest absolute Gasteiger partial charge is 0.0824 e. The Morgan fingerprint density at radius 2 is 2.05 bits per heavy atom. The Morgan fingerprint density at radius 1 is 1.32 bits per heavy atom. The van der Waals surface area contributed by atoms with E-state index in [1.165, 1.54) is 11.1 Å². The summed E-state index contributed by atoms with van der Waals surface area (Å²) in [6.07, 6.45) is 2.42. The molecule has 0 spiro atoms. The molecule has 1 aliphatic rings. The topological polar surface area (TPSA) is 38.5 Å². The normalized spacial score (nSPS) is 22.4. The van der Waals surface area contributed by atoms with Crippen LogP contribution in [0.15, 0.2) is 24.3 Å². The van der Waals surface area contributed by atoms with Crippen LogP contribution in [0.5, 0.6) is 0 Å². The van der Waals surface area contributed by atoms with Crippen molar-refractivity contribution in [1.29, 1.82) is 0 Å². The van der Waals surface area contributed by atoms with Gasteiger partial charge in [0.25, 0.3) is 0 Å². The number of ether oxygens (including phenoxy) is 1. The van der Waals surface area contributed by atoms with Crippen molar-refractivity contribution < 1.29 is 4.74 Å². The van der Waals surface area contributed by atoms with Gasteiger partial charge in [0.05, 0.1) is 12.7 Å². The molecule has 0 saturated carbocycles. The molecular formula is C16H26N2O. The predicted octanol–water partition coefficient (Wildman–Crippen LogP) is 2.36. The fourth-order valence-electron chi connectivity index (χ4n) is 2.85. The fourth-order valence-corrected chi connectivity index (χ4v) is 2.85. The van der Waals surface area contributed by atoms with Gasteiger partial charge in [-0.3, -0.25) is 4.90 Å². The van der Waals surface area contributed by atoms with Gasteiger partial charge in [-0.2, -0.15) is 0 Å². The van der Waals surface area contributed by atoms with Crippen LogP contribution in [-0.2, 0) is 11.2 Å². The maximum atomic E-state index is 5.73. The molecule has 1 aromatic carbocycles. The van der Waals surface area contributed by atoms with Crippen molar-refractivity contribution in [1.82, 2.24) is 4.90 Å². The molecular weight excluding hydrogens is 236 g/mol. The number of aryl methyl sites for hydroxylation is 1. The maximum absolute atomic E-state index is 5.73. The fraction of sp³-hybridized carbons (Fsp3) is 0.625. The molecule has 3 nitrogen and oxygen atoms in total. The zero-order valence-corrected chi connectivity index (χ0v) is 12.1. The quantitative estimate of drug-likeness (QED) is 0.885. The standard InChI is InChI=1S/C16H26N2O/c1-3-13-5-7-14(8-6-13)16(4-2)18-9-10-19-15(11-17)12-18/h5-8,15-16H,3-4,9-12,17H2,1-2H3. The van der Waals surface area contributed by atoms with Gasteiger partial charge in [0.2, 0.25) is 0 Å². The summed E-state index contributed by atoms with van der Waals surface area (Å²) in [5.41, 5.74) is 8.55. The summed E-state index contributed by atoms with van der Waals surface area (Å²) in [4.78, 5) is 2.52. The lowest BCUT2D eigenvalue weighted by Gasteiger charge is -2.38. The van der Waals surface area contributed by atoms with E-state index >= 15 is 0 Å². The van der Waals surface area contributed by atoms with Gasteiger partial charge < -0.3 is 10.5 Å². The maximum Gasteiger partial charge on any atom is 0.0824 e. The third-order valence-electron chi connectivity index (χ3n) is 4.03. The molecule has 0 amide bonds. The first-order valence-electron chi connectivity index (χ1n) is 7.43. The van der Waals surface area contributed by atoms with Crippen molar-refractivity contribution in [3.8, 4) is 0 Å². The molecule has 1 heterocycles. The third kappa shape index (κ3) is 3.56. The zero-order valence-electron chi connectivity index (χ0n) is 12.1. The first-order valence-corrected chi connectivity index (χ1v) is 7.43. The molecule has 3 heteroatoms. The second-order valence-corrected chi connectivity index (χ2v) is 5.24. The number of benzene rings is 1. The molecule has 1 aromatic rings. The molecule has 0 aromatic heterocycles. The Bertz CT molecular complexity index is 377. The van der Waals surface area contributed by atoms with Crippen LogP contribution in [0, 0.1) is 0 Å². The number of hydrogen-bond donors (Lipinski definition) is 1. The van der Waals surface area contributed by atoms with E-state index in [0.29, 0.717) is 12.6 Å². The first-order chi connectivity index (χ1) is 9.28. The predicted molar refractivity (Wildman–Crippen MR) is 79.2 cm³/mol. The summed E-state index contributed by atoms with van der Waals surface area (Å²) >= 11 is 0. The Balaban J connectivity index is 2.09. The summed E-state index contributed by atoms with van der Waals surface area (Å²) in [6, 6.07) is 9.54. The minimum Gasteiger partial charge on any atom is -0.374 e. The molecule has 1 fully saturated rings. The summed E-state index contributed by atoms with van der Waals surface area (Å²) < 4.78 is 5.66. The van der Waals surface area contributed by atoms with E-state index < -0.39 is 0 Å². The summed E-state index contributed by atoms with van der Waals surface area (Å²) in [7, 11) is 0. The highest BCUT2D eigenvalue weighted by molar-refractivity contribution is 5.25. The molecule has 0 aliphatic carbocycles. The van der Waals surface area contributed by atoms with Gasteiger partial charge in [-0.05, 0) is 24.0 Å². The lowest BCUT2D eigenvalue weighted by Crippen LogP contribution is -2.46. The van der Waals surface area contributed by atoms with Crippen LogP contribution in [0.3, 0.4) is 0 Å². The molecule has 106 valence electrons. The average molecular weight is 262 g/mol. The molecule has 0 bridgehead atoms. The van der Waals surface area contributed by atoms with Gasteiger partial charge in [0.1, 0.15) is 0 Å². The second kappa shape index (κ2) is 7.04. The Labute approximate surface area is 116 Å². The van der Waals surface area contributed by atoms with E-state index in [-0.39, 0.29) is 6.10 Å². The van der Waals surface area contributed by atoms with Crippen molar-refractivity contribution >= 4 is 0 Å². The third-order valence-corrected chi connectivity index (χ3v) is 4.03. The van der Waals surface area contributed by atoms with Crippen molar-refractivity contribution in [3.05, 3.63) is 35.4 Å². The Morgan fingerprint density at radius 3 is 2.63 bits per heavy atom. The van der Waals surface area contributed by atoms with Crippen LogP contribution < -0.4 is 5.73 Å². The number of hydrogen-bond acceptors (Lipinski definition) is 3. The minimum absolute atomic E-state index is 0.192.